The van der Waals surface area contributed by atoms with Crippen LogP contribution in [0.25, 0.3) is 22.2 Å². The van der Waals surface area contributed by atoms with Gasteiger partial charge in [0.1, 0.15) is 17.8 Å². The zero-order chi connectivity index (χ0) is 15.1. The number of aromatic nitrogens is 2. The Hall–Kier alpha value is -2.43. The maximum atomic E-state index is 13.2. The molecule has 1 fully saturated rings. The second-order valence-electron chi connectivity index (χ2n) is 5.65. The highest BCUT2D eigenvalue weighted by molar-refractivity contribution is 5.85. The Morgan fingerprint density at radius 3 is 2.82 bits per heavy atom. The first-order chi connectivity index (χ1) is 10.7. The van der Waals surface area contributed by atoms with Crippen LogP contribution in [0.4, 0.5) is 14.6 Å². The van der Waals surface area contributed by atoms with Gasteiger partial charge in [0.05, 0.1) is 6.54 Å². The van der Waals surface area contributed by atoms with Crippen molar-refractivity contribution in [3.63, 3.8) is 0 Å². The van der Waals surface area contributed by atoms with Crippen molar-refractivity contribution in [1.29, 1.82) is 0 Å². The summed E-state index contributed by atoms with van der Waals surface area (Å²) in [4.78, 5) is 9.57. The van der Waals surface area contributed by atoms with Crippen LogP contribution in [0, 0.1) is 5.82 Å². The predicted molar refractivity (Wildman–Crippen MR) is 83.2 cm³/mol. The zero-order valence-electron chi connectivity index (χ0n) is 11.9. The van der Waals surface area contributed by atoms with Gasteiger partial charge in [-0.2, -0.15) is 0 Å². The standard InChI is InChI=1S/C17H15F2N3/c18-13-3-1-11-7-15(21-16(11)8-13)12-2-4-17(20-9-12)22-6-5-14(19)10-22/h1-4,7-9,14,21H,5-6,10H2/t14-/m0/s1. The second-order valence-corrected chi connectivity index (χ2v) is 5.65. The van der Waals surface area contributed by atoms with Gasteiger partial charge in [-0.3, -0.25) is 0 Å². The summed E-state index contributed by atoms with van der Waals surface area (Å²) in [5, 5.41) is 0.959. The quantitative estimate of drug-likeness (QED) is 0.778. The summed E-state index contributed by atoms with van der Waals surface area (Å²) in [6.45, 7) is 1.12. The lowest BCUT2D eigenvalue weighted by Gasteiger charge is -2.16. The highest BCUT2D eigenvalue weighted by atomic mass is 19.1. The molecule has 1 aliphatic rings. The molecule has 1 saturated heterocycles. The van der Waals surface area contributed by atoms with E-state index in [9.17, 15) is 8.78 Å². The molecule has 0 radical (unpaired) electrons. The average molecular weight is 299 g/mol. The number of hydrogen-bond donors (Lipinski definition) is 1. The largest absolute Gasteiger partial charge is 0.354 e. The molecule has 1 atom stereocenters. The van der Waals surface area contributed by atoms with Gasteiger partial charge in [0.25, 0.3) is 0 Å². The van der Waals surface area contributed by atoms with E-state index in [2.05, 4.69) is 9.97 Å². The Balaban J connectivity index is 1.64. The third-order valence-corrected chi connectivity index (χ3v) is 4.10. The van der Waals surface area contributed by atoms with Gasteiger partial charge in [-0.1, -0.05) is 0 Å². The molecule has 2 aromatic heterocycles. The molecule has 0 aliphatic carbocycles. The SMILES string of the molecule is Fc1ccc2cc(-c3ccc(N4CC[C@H](F)C4)nc3)[nH]c2c1. The van der Waals surface area contributed by atoms with Gasteiger partial charge >= 0.3 is 0 Å². The van der Waals surface area contributed by atoms with E-state index in [-0.39, 0.29) is 5.82 Å². The minimum absolute atomic E-state index is 0.260. The molecule has 0 unspecified atom stereocenters. The van der Waals surface area contributed by atoms with Gasteiger partial charge < -0.3 is 9.88 Å². The highest BCUT2D eigenvalue weighted by Crippen LogP contribution is 2.26. The molecular weight excluding hydrogens is 284 g/mol. The number of nitrogens with one attached hydrogen (secondary N) is 1. The topological polar surface area (TPSA) is 31.9 Å². The van der Waals surface area contributed by atoms with Gasteiger partial charge in [-0.05, 0) is 42.8 Å². The Labute approximate surface area is 126 Å². The Bertz CT molecular complexity index is 810. The number of nitrogens with zero attached hydrogens (tertiary/aromatic N) is 2. The smallest absolute Gasteiger partial charge is 0.128 e. The van der Waals surface area contributed by atoms with E-state index >= 15 is 0 Å². The van der Waals surface area contributed by atoms with Crippen LogP contribution >= 0.6 is 0 Å². The van der Waals surface area contributed by atoms with Crippen LogP contribution in [0.2, 0.25) is 0 Å². The third kappa shape index (κ3) is 2.32. The second kappa shape index (κ2) is 5.09. The lowest BCUT2D eigenvalue weighted by molar-refractivity contribution is 0.364. The number of rotatable bonds is 2. The fourth-order valence-electron chi connectivity index (χ4n) is 2.91. The van der Waals surface area contributed by atoms with E-state index in [1.54, 1.807) is 12.3 Å². The number of pyridine rings is 1. The molecule has 22 heavy (non-hydrogen) atoms. The Morgan fingerprint density at radius 2 is 2.09 bits per heavy atom. The first-order valence-electron chi connectivity index (χ1n) is 7.33. The van der Waals surface area contributed by atoms with Crippen molar-refractivity contribution in [3.05, 3.63) is 48.4 Å². The lowest BCUT2D eigenvalue weighted by Crippen LogP contribution is -2.20. The molecule has 5 heteroatoms. The van der Waals surface area contributed by atoms with Crippen molar-refractivity contribution in [2.24, 2.45) is 0 Å². The average Bonchev–Trinajstić information content (AvgIpc) is 3.13. The van der Waals surface area contributed by atoms with Gasteiger partial charge in [-0.15, -0.1) is 0 Å². The Kier molecular flexibility index (Phi) is 3.06. The minimum atomic E-state index is -0.759. The van der Waals surface area contributed by atoms with E-state index < -0.39 is 6.17 Å². The van der Waals surface area contributed by atoms with Crippen LogP contribution in [0.15, 0.2) is 42.6 Å². The molecule has 1 aliphatic heterocycles. The summed E-state index contributed by atoms with van der Waals surface area (Å²) in [5.41, 5.74) is 2.58. The summed E-state index contributed by atoms with van der Waals surface area (Å²) in [7, 11) is 0. The van der Waals surface area contributed by atoms with Crippen molar-refractivity contribution in [1.82, 2.24) is 9.97 Å². The van der Waals surface area contributed by atoms with Crippen LogP contribution < -0.4 is 4.90 Å². The van der Waals surface area contributed by atoms with Crippen LogP contribution in [0.3, 0.4) is 0 Å². The molecule has 3 nitrogen and oxygen atoms in total. The summed E-state index contributed by atoms with van der Waals surface area (Å²) >= 11 is 0. The minimum Gasteiger partial charge on any atom is -0.354 e. The molecule has 1 N–H and O–H groups in total. The van der Waals surface area contributed by atoms with Crippen LogP contribution in [0.5, 0.6) is 0 Å². The monoisotopic (exact) mass is 299 g/mol. The van der Waals surface area contributed by atoms with E-state index in [0.29, 0.717) is 19.5 Å². The van der Waals surface area contributed by atoms with Crippen molar-refractivity contribution in [3.8, 4) is 11.3 Å². The molecule has 0 spiro atoms. The summed E-state index contributed by atoms with van der Waals surface area (Å²) in [6.07, 6.45) is 1.57. The van der Waals surface area contributed by atoms with Gasteiger partial charge in [0, 0.05) is 34.9 Å². The fourth-order valence-corrected chi connectivity index (χ4v) is 2.91. The number of hydrogen-bond acceptors (Lipinski definition) is 2. The number of benzene rings is 1. The molecule has 3 heterocycles. The molecular formula is C17H15F2N3. The van der Waals surface area contributed by atoms with E-state index in [0.717, 1.165) is 28.0 Å². The highest BCUT2D eigenvalue weighted by Gasteiger charge is 2.22. The van der Waals surface area contributed by atoms with Crippen molar-refractivity contribution in [2.45, 2.75) is 12.6 Å². The number of fused-ring (bicyclic) bond motifs is 1. The van der Waals surface area contributed by atoms with Gasteiger partial charge in [0.15, 0.2) is 0 Å². The third-order valence-electron chi connectivity index (χ3n) is 4.10. The summed E-state index contributed by atoms with van der Waals surface area (Å²) < 4.78 is 26.5. The number of aromatic amines is 1. The normalized spacial score (nSPS) is 18.3. The summed E-state index contributed by atoms with van der Waals surface area (Å²) in [6, 6.07) is 10.5. The van der Waals surface area contributed by atoms with Gasteiger partial charge in [-0.25, -0.2) is 13.8 Å². The van der Waals surface area contributed by atoms with Crippen molar-refractivity contribution >= 4 is 16.7 Å². The van der Waals surface area contributed by atoms with Crippen LogP contribution in [-0.2, 0) is 0 Å². The van der Waals surface area contributed by atoms with Crippen molar-refractivity contribution < 1.29 is 8.78 Å². The van der Waals surface area contributed by atoms with Crippen molar-refractivity contribution in [2.75, 3.05) is 18.0 Å². The first-order valence-corrected chi connectivity index (χ1v) is 7.33. The lowest BCUT2D eigenvalue weighted by atomic mass is 10.2. The molecule has 3 aromatic rings. The number of anilines is 1. The molecule has 1 aromatic carbocycles. The van der Waals surface area contributed by atoms with Gasteiger partial charge in [0.2, 0.25) is 0 Å². The maximum absolute atomic E-state index is 13.2. The van der Waals surface area contributed by atoms with Crippen LogP contribution in [0.1, 0.15) is 6.42 Å². The molecule has 112 valence electrons. The predicted octanol–water partition coefficient (Wildman–Crippen LogP) is 3.92. The number of halogens is 2. The van der Waals surface area contributed by atoms with E-state index in [1.165, 1.54) is 12.1 Å². The molecule has 4 rings (SSSR count). The number of H-pyrrole nitrogens is 1. The summed E-state index contributed by atoms with van der Waals surface area (Å²) in [5.74, 6) is 0.537. The zero-order valence-corrected chi connectivity index (χ0v) is 11.9. The molecule has 0 saturated carbocycles. The van der Waals surface area contributed by atoms with E-state index in [4.69, 9.17) is 0 Å². The molecule has 0 amide bonds. The fraction of sp³-hybridized carbons (Fsp3) is 0.235. The van der Waals surface area contributed by atoms with E-state index in [1.807, 2.05) is 23.1 Å². The Morgan fingerprint density at radius 1 is 1.18 bits per heavy atom. The van der Waals surface area contributed by atoms with Crippen LogP contribution in [-0.4, -0.2) is 29.2 Å². The molecule has 0 bridgehead atoms. The maximum Gasteiger partial charge on any atom is 0.128 e. The number of alkyl halides is 1. The first kappa shape index (κ1) is 13.2.